The standard InChI is InChI=1S/C20H19N5O4S/c1-12-4-7-14(8-5-12)29-11-17(26)21-19-24-25-18(22-23-20(25)30-19)13-6-9-15(27-2)16(10-13)28-3/h4-10H,11H2,1-3H3,(H,21,24,26). The first-order chi connectivity index (χ1) is 14.6. The third-order valence-electron chi connectivity index (χ3n) is 4.27. The topological polar surface area (TPSA) is 99.9 Å². The molecule has 154 valence electrons. The lowest BCUT2D eigenvalue weighted by atomic mass is 10.2. The first kappa shape index (κ1) is 19.6. The average Bonchev–Trinajstić information content (AvgIpc) is 3.33. The van der Waals surface area contributed by atoms with Crippen molar-refractivity contribution in [1.82, 2.24) is 19.8 Å². The Morgan fingerprint density at radius 1 is 1.07 bits per heavy atom. The number of ether oxygens (including phenoxy) is 3. The van der Waals surface area contributed by atoms with Crippen LogP contribution in [0, 0.1) is 6.92 Å². The fourth-order valence-electron chi connectivity index (χ4n) is 2.76. The molecule has 0 saturated heterocycles. The lowest BCUT2D eigenvalue weighted by Crippen LogP contribution is -2.20. The summed E-state index contributed by atoms with van der Waals surface area (Å²) in [6.07, 6.45) is 0. The maximum absolute atomic E-state index is 12.2. The molecule has 0 bridgehead atoms. The lowest BCUT2D eigenvalue weighted by Gasteiger charge is -2.08. The molecule has 30 heavy (non-hydrogen) atoms. The van der Waals surface area contributed by atoms with Crippen LogP contribution in [0.2, 0.25) is 0 Å². The Bertz CT molecular complexity index is 1190. The van der Waals surface area contributed by atoms with Crippen molar-refractivity contribution in [3.05, 3.63) is 48.0 Å². The number of aromatic nitrogens is 4. The molecule has 10 heteroatoms. The van der Waals surface area contributed by atoms with E-state index in [4.69, 9.17) is 14.2 Å². The fourth-order valence-corrected chi connectivity index (χ4v) is 3.52. The van der Waals surface area contributed by atoms with Gasteiger partial charge in [-0.25, -0.2) is 0 Å². The van der Waals surface area contributed by atoms with Crippen LogP contribution in [-0.4, -0.2) is 46.5 Å². The van der Waals surface area contributed by atoms with E-state index in [1.165, 1.54) is 11.3 Å². The molecule has 0 aliphatic carbocycles. The zero-order chi connectivity index (χ0) is 21.1. The molecule has 4 rings (SSSR count). The number of hydrogen-bond acceptors (Lipinski definition) is 8. The molecule has 0 spiro atoms. The second-order valence-electron chi connectivity index (χ2n) is 6.34. The summed E-state index contributed by atoms with van der Waals surface area (Å²) >= 11 is 1.22. The molecule has 2 aromatic heterocycles. The van der Waals surface area contributed by atoms with E-state index in [9.17, 15) is 4.79 Å². The van der Waals surface area contributed by atoms with E-state index in [0.717, 1.165) is 11.1 Å². The fraction of sp³-hybridized carbons (Fsp3) is 0.200. The van der Waals surface area contributed by atoms with E-state index < -0.39 is 0 Å². The van der Waals surface area contributed by atoms with Crippen LogP contribution < -0.4 is 19.5 Å². The maximum Gasteiger partial charge on any atom is 0.264 e. The van der Waals surface area contributed by atoms with Gasteiger partial charge < -0.3 is 14.2 Å². The Hall–Kier alpha value is -3.66. The van der Waals surface area contributed by atoms with Gasteiger partial charge in [-0.15, -0.1) is 15.3 Å². The summed E-state index contributed by atoms with van der Waals surface area (Å²) in [5.41, 5.74) is 1.88. The van der Waals surface area contributed by atoms with Gasteiger partial charge in [-0.05, 0) is 37.3 Å². The molecule has 0 atom stereocenters. The first-order valence-corrected chi connectivity index (χ1v) is 9.83. The van der Waals surface area contributed by atoms with E-state index in [0.29, 0.717) is 33.2 Å². The smallest absolute Gasteiger partial charge is 0.264 e. The van der Waals surface area contributed by atoms with Crippen molar-refractivity contribution in [3.8, 4) is 28.6 Å². The van der Waals surface area contributed by atoms with Crippen LogP contribution in [0.15, 0.2) is 42.5 Å². The molecule has 0 radical (unpaired) electrons. The lowest BCUT2D eigenvalue weighted by molar-refractivity contribution is -0.118. The van der Waals surface area contributed by atoms with Crippen molar-refractivity contribution < 1.29 is 19.0 Å². The number of fused-ring (bicyclic) bond motifs is 1. The first-order valence-electron chi connectivity index (χ1n) is 9.01. The molecule has 0 aliphatic rings. The van der Waals surface area contributed by atoms with E-state index in [1.54, 1.807) is 30.9 Å². The van der Waals surface area contributed by atoms with Gasteiger partial charge in [-0.2, -0.15) is 4.52 Å². The molecule has 0 aliphatic heterocycles. The van der Waals surface area contributed by atoms with Crippen molar-refractivity contribution in [2.24, 2.45) is 0 Å². The minimum Gasteiger partial charge on any atom is -0.493 e. The number of benzene rings is 2. The SMILES string of the molecule is COc1ccc(-c2nnc3sc(NC(=O)COc4ccc(C)cc4)nn23)cc1OC. The van der Waals surface area contributed by atoms with E-state index >= 15 is 0 Å². The Kier molecular flexibility index (Phi) is 5.48. The number of amides is 1. The third-order valence-corrected chi connectivity index (χ3v) is 5.08. The zero-order valence-corrected chi connectivity index (χ0v) is 17.4. The van der Waals surface area contributed by atoms with Crippen LogP contribution in [0.4, 0.5) is 5.13 Å². The van der Waals surface area contributed by atoms with Crippen molar-refractivity contribution in [2.45, 2.75) is 6.92 Å². The number of carbonyl (C=O) groups is 1. The second-order valence-corrected chi connectivity index (χ2v) is 7.30. The molecule has 1 N–H and O–H groups in total. The molecule has 2 heterocycles. The zero-order valence-electron chi connectivity index (χ0n) is 16.6. The Labute approximate surface area is 176 Å². The largest absolute Gasteiger partial charge is 0.493 e. The highest BCUT2D eigenvalue weighted by Gasteiger charge is 2.16. The Morgan fingerprint density at radius 3 is 2.57 bits per heavy atom. The van der Waals surface area contributed by atoms with Gasteiger partial charge in [0.2, 0.25) is 10.1 Å². The number of nitrogens with zero attached hydrogens (tertiary/aromatic N) is 4. The van der Waals surface area contributed by atoms with Crippen molar-refractivity contribution in [3.63, 3.8) is 0 Å². The number of hydrogen-bond donors (Lipinski definition) is 1. The summed E-state index contributed by atoms with van der Waals surface area (Å²) in [4.78, 5) is 12.8. The highest BCUT2D eigenvalue weighted by molar-refractivity contribution is 7.20. The maximum atomic E-state index is 12.2. The Balaban J connectivity index is 1.49. The van der Waals surface area contributed by atoms with Crippen molar-refractivity contribution >= 4 is 27.3 Å². The van der Waals surface area contributed by atoms with Crippen LogP contribution >= 0.6 is 11.3 Å². The molecule has 2 aromatic carbocycles. The molecule has 1 amide bonds. The predicted molar refractivity (Wildman–Crippen MR) is 113 cm³/mol. The number of nitrogens with one attached hydrogen (secondary N) is 1. The van der Waals surface area contributed by atoms with E-state index in [1.807, 2.05) is 37.3 Å². The summed E-state index contributed by atoms with van der Waals surface area (Å²) in [6.45, 7) is 1.87. The average molecular weight is 425 g/mol. The molecule has 0 saturated carbocycles. The number of rotatable bonds is 7. The van der Waals surface area contributed by atoms with E-state index in [-0.39, 0.29) is 12.5 Å². The highest BCUT2D eigenvalue weighted by atomic mass is 32.1. The van der Waals surface area contributed by atoms with Gasteiger partial charge in [0.25, 0.3) is 5.91 Å². The molecule has 4 aromatic rings. The van der Waals surface area contributed by atoms with Gasteiger partial charge in [0, 0.05) is 5.56 Å². The van der Waals surface area contributed by atoms with Gasteiger partial charge in [0.15, 0.2) is 23.9 Å². The molecule has 9 nitrogen and oxygen atoms in total. The number of carbonyl (C=O) groups excluding carboxylic acids is 1. The van der Waals surface area contributed by atoms with Crippen molar-refractivity contribution in [2.75, 3.05) is 26.1 Å². The van der Waals surface area contributed by atoms with Crippen LogP contribution in [0.3, 0.4) is 0 Å². The van der Waals surface area contributed by atoms with Crippen molar-refractivity contribution in [1.29, 1.82) is 0 Å². The number of anilines is 1. The van der Waals surface area contributed by atoms with Gasteiger partial charge in [0.1, 0.15) is 5.75 Å². The number of methoxy groups -OCH3 is 2. The molecular weight excluding hydrogens is 406 g/mol. The molecule has 0 fully saturated rings. The summed E-state index contributed by atoms with van der Waals surface area (Å²) < 4.78 is 17.7. The van der Waals surface area contributed by atoms with Gasteiger partial charge in [-0.3, -0.25) is 10.1 Å². The third kappa shape index (κ3) is 4.03. The predicted octanol–water partition coefficient (Wildman–Crippen LogP) is 3.20. The molecular formula is C20H19N5O4S. The minimum atomic E-state index is -0.312. The summed E-state index contributed by atoms with van der Waals surface area (Å²) in [7, 11) is 3.14. The minimum absolute atomic E-state index is 0.119. The van der Waals surface area contributed by atoms with Crippen LogP contribution in [0.1, 0.15) is 5.56 Å². The normalized spacial score (nSPS) is 10.8. The number of aryl methyl sites for hydroxylation is 1. The van der Waals surface area contributed by atoms with Crippen LogP contribution in [0.5, 0.6) is 17.2 Å². The monoisotopic (exact) mass is 425 g/mol. The highest BCUT2D eigenvalue weighted by Crippen LogP contribution is 2.32. The second kappa shape index (κ2) is 8.37. The van der Waals surface area contributed by atoms with Gasteiger partial charge in [-0.1, -0.05) is 29.0 Å². The quantitative estimate of drug-likeness (QED) is 0.485. The Morgan fingerprint density at radius 2 is 1.83 bits per heavy atom. The van der Waals surface area contributed by atoms with Gasteiger partial charge >= 0.3 is 0 Å². The summed E-state index contributed by atoms with van der Waals surface area (Å²) in [5, 5.41) is 15.9. The van der Waals surface area contributed by atoms with Crippen LogP contribution in [0.25, 0.3) is 16.3 Å². The summed E-state index contributed by atoms with van der Waals surface area (Å²) in [6, 6.07) is 12.9. The van der Waals surface area contributed by atoms with Gasteiger partial charge in [0.05, 0.1) is 14.2 Å². The van der Waals surface area contributed by atoms with Crippen LogP contribution in [-0.2, 0) is 4.79 Å². The van der Waals surface area contributed by atoms with E-state index in [2.05, 4.69) is 20.6 Å². The summed E-state index contributed by atoms with van der Waals surface area (Å²) in [5.74, 6) is 2.03. The molecule has 0 unspecified atom stereocenters.